The van der Waals surface area contributed by atoms with Gasteiger partial charge in [-0.15, -0.1) is 5.48 Å². The Kier molecular flexibility index (Phi) is 1.01. The molecule has 1 fully saturated rings. The van der Waals surface area contributed by atoms with Crippen LogP contribution in [-0.2, 0) is 4.84 Å². The minimum Gasteiger partial charge on any atom is -0.240 e. The molecule has 0 bridgehead atoms. The van der Waals surface area contributed by atoms with Crippen molar-refractivity contribution in [3.63, 3.8) is 0 Å². The summed E-state index contributed by atoms with van der Waals surface area (Å²) >= 11 is 0. The number of nitrogens with one attached hydrogen (secondary N) is 1. The number of hydrogen-bond donors (Lipinski definition) is 1. The fourth-order valence-corrected chi connectivity index (χ4v) is 0.479. The molecule has 0 radical (unpaired) electrons. The topological polar surface area (TPSA) is 34.5 Å². The molecule has 1 aliphatic rings. The Morgan fingerprint density at radius 3 is 2.57 bits per heavy atom. The summed E-state index contributed by atoms with van der Waals surface area (Å²) in [6.07, 6.45) is 1.26. The molecule has 0 aromatic heterocycles. The molecule has 1 aliphatic heterocycles. The van der Waals surface area contributed by atoms with Crippen LogP contribution in [0.2, 0.25) is 0 Å². The highest BCUT2D eigenvalue weighted by atomic mass is 19.2. The number of alkyl halides is 1. The van der Waals surface area contributed by atoms with Crippen LogP contribution in [0.25, 0.3) is 0 Å². The summed E-state index contributed by atoms with van der Waals surface area (Å²) < 4.78 is 12.2. The van der Waals surface area contributed by atoms with E-state index in [1.54, 1.807) is 0 Å². The molecule has 1 N–H and O–H groups in total. The minimum atomic E-state index is -1.45. The fourth-order valence-electron chi connectivity index (χ4n) is 0.479. The van der Waals surface area contributed by atoms with Gasteiger partial charge < -0.3 is 0 Å². The van der Waals surface area contributed by atoms with E-state index < -0.39 is 5.98 Å². The fraction of sp³-hybridized carbons (Fsp3) is 1.00. The molecule has 7 heavy (non-hydrogen) atoms. The molecule has 1 unspecified atom stereocenters. The third-order valence-corrected chi connectivity index (χ3v) is 0.895. The van der Waals surface area contributed by atoms with E-state index in [0.29, 0.717) is 6.42 Å². The van der Waals surface area contributed by atoms with E-state index in [9.17, 15) is 4.39 Å². The zero-order valence-electron chi connectivity index (χ0n) is 4.20. The van der Waals surface area contributed by atoms with Crippen molar-refractivity contribution >= 4 is 0 Å². The first-order chi connectivity index (χ1) is 3.27. The van der Waals surface area contributed by atoms with E-state index in [1.165, 1.54) is 0 Å². The second-order valence-corrected chi connectivity index (χ2v) is 1.68. The third-order valence-electron chi connectivity index (χ3n) is 0.895. The molecule has 1 rings (SSSR count). The average molecular weight is 105 g/mol. The van der Waals surface area contributed by atoms with Gasteiger partial charge in [-0.2, -0.15) is 4.39 Å². The Bertz CT molecular complexity index is 72.1. The van der Waals surface area contributed by atoms with Gasteiger partial charge in [-0.3, -0.25) is 0 Å². The maximum Gasteiger partial charge on any atom is 0.303 e. The van der Waals surface area contributed by atoms with Gasteiger partial charge in [0.25, 0.3) is 0 Å². The van der Waals surface area contributed by atoms with E-state index in [2.05, 4.69) is 10.3 Å². The molecule has 3 heteroatoms. The maximum atomic E-state index is 12.2. The molecule has 0 spiro atoms. The van der Waals surface area contributed by atoms with E-state index >= 15 is 0 Å². The Morgan fingerprint density at radius 1 is 1.86 bits per heavy atom. The van der Waals surface area contributed by atoms with Crippen molar-refractivity contribution in [1.29, 1.82) is 0 Å². The smallest absolute Gasteiger partial charge is 0.240 e. The molecule has 2 nitrogen and oxygen atoms in total. The van der Waals surface area contributed by atoms with Gasteiger partial charge in [-0.05, 0) is 6.42 Å². The van der Waals surface area contributed by atoms with E-state index in [4.69, 9.17) is 0 Å². The lowest BCUT2D eigenvalue weighted by molar-refractivity contribution is 0.129. The average Bonchev–Trinajstić information content (AvgIpc) is 2.22. The van der Waals surface area contributed by atoms with Crippen molar-refractivity contribution in [2.24, 2.45) is 0 Å². The second-order valence-electron chi connectivity index (χ2n) is 1.68. The molecular formula is C4H8FNO. The van der Waals surface area contributed by atoms with Crippen LogP contribution in [0, 0.1) is 0 Å². The molecule has 0 amide bonds. The van der Waals surface area contributed by atoms with E-state index in [0.717, 1.165) is 6.42 Å². The van der Waals surface area contributed by atoms with Gasteiger partial charge in [0.1, 0.15) is 0 Å². The molecule has 0 aromatic carbocycles. The van der Waals surface area contributed by atoms with Crippen LogP contribution in [-0.4, -0.2) is 5.98 Å². The highest BCUT2D eigenvalue weighted by Gasteiger charge is 2.44. The summed E-state index contributed by atoms with van der Waals surface area (Å²) in [7, 11) is 0. The van der Waals surface area contributed by atoms with Gasteiger partial charge in [0.15, 0.2) is 0 Å². The molecule has 1 saturated heterocycles. The predicted molar refractivity (Wildman–Crippen MR) is 23.0 cm³/mol. The molecule has 1 atom stereocenters. The Balaban J connectivity index is 2.13. The normalized spacial score (nSPS) is 38.6. The standard InChI is InChI=1S/C4H8FNO/c1-2-3-4(5)6-7-4/h6H,2-3H2,1H3. The number of hydroxylamine groups is 1. The predicted octanol–water partition coefficient (Wildman–Crippen LogP) is 0.945. The highest BCUT2D eigenvalue weighted by molar-refractivity contribution is 4.67. The highest BCUT2D eigenvalue weighted by Crippen LogP contribution is 2.25. The molecular weight excluding hydrogens is 97.0 g/mol. The van der Waals surface area contributed by atoms with Crippen molar-refractivity contribution in [3.8, 4) is 0 Å². The first-order valence-electron chi connectivity index (χ1n) is 2.41. The summed E-state index contributed by atoms with van der Waals surface area (Å²) in [6, 6.07) is 0. The lowest BCUT2D eigenvalue weighted by atomic mass is 10.3. The monoisotopic (exact) mass is 105 g/mol. The Labute approximate surface area is 41.6 Å². The Morgan fingerprint density at radius 2 is 2.43 bits per heavy atom. The van der Waals surface area contributed by atoms with Crippen molar-refractivity contribution in [3.05, 3.63) is 0 Å². The lowest BCUT2D eigenvalue weighted by Gasteiger charge is -1.89. The minimum absolute atomic E-state index is 0.451. The quantitative estimate of drug-likeness (QED) is 0.419. The SMILES string of the molecule is CCCC1(F)NO1. The first kappa shape index (κ1) is 5.00. The van der Waals surface area contributed by atoms with E-state index in [-0.39, 0.29) is 0 Å². The van der Waals surface area contributed by atoms with Crippen LogP contribution in [0.3, 0.4) is 0 Å². The summed E-state index contributed by atoms with van der Waals surface area (Å²) in [5.41, 5.74) is 2.14. The van der Waals surface area contributed by atoms with Gasteiger partial charge in [0, 0.05) is 6.42 Å². The maximum absolute atomic E-state index is 12.2. The Hall–Kier alpha value is -0.150. The molecule has 42 valence electrons. The van der Waals surface area contributed by atoms with E-state index in [1.807, 2.05) is 6.92 Å². The summed E-state index contributed by atoms with van der Waals surface area (Å²) in [4.78, 5) is 4.22. The third kappa shape index (κ3) is 1.11. The summed E-state index contributed by atoms with van der Waals surface area (Å²) in [5.74, 6) is -1.45. The van der Waals surface area contributed by atoms with Crippen LogP contribution < -0.4 is 5.48 Å². The summed E-state index contributed by atoms with van der Waals surface area (Å²) in [6.45, 7) is 1.91. The van der Waals surface area contributed by atoms with Gasteiger partial charge in [0.2, 0.25) is 0 Å². The molecule has 0 aliphatic carbocycles. The van der Waals surface area contributed by atoms with Gasteiger partial charge in [-0.1, -0.05) is 6.92 Å². The van der Waals surface area contributed by atoms with Gasteiger partial charge in [0.05, 0.1) is 0 Å². The van der Waals surface area contributed by atoms with Gasteiger partial charge >= 0.3 is 5.98 Å². The van der Waals surface area contributed by atoms with Crippen molar-refractivity contribution in [1.82, 2.24) is 5.48 Å². The van der Waals surface area contributed by atoms with Crippen molar-refractivity contribution < 1.29 is 9.23 Å². The zero-order valence-corrected chi connectivity index (χ0v) is 4.20. The molecule has 0 aromatic rings. The number of halogens is 1. The second kappa shape index (κ2) is 1.42. The van der Waals surface area contributed by atoms with Gasteiger partial charge in [-0.25, -0.2) is 4.84 Å². The molecule has 1 heterocycles. The lowest BCUT2D eigenvalue weighted by Crippen LogP contribution is -2.04. The first-order valence-corrected chi connectivity index (χ1v) is 2.41. The van der Waals surface area contributed by atoms with Crippen molar-refractivity contribution in [2.45, 2.75) is 25.7 Å². The van der Waals surface area contributed by atoms with Crippen LogP contribution in [0.4, 0.5) is 4.39 Å². The zero-order chi connectivity index (χ0) is 5.33. The van der Waals surface area contributed by atoms with Crippen LogP contribution in [0.5, 0.6) is 0 Å². The van der Waals surface area contributed by atoms with Crippen molar-refractivity contribution in [2.75, 3.05) is 0 Å². The summed E-state index contributed by atoms with van der Waals surface area (Å²) in [5, 5.41) is 0. The largest absolute Gasteiger partial charge is 0.303 e. The molecule has 0 saturated carbocycles. The van der Waals surface area contributed by atoms with Crippen LogP contribution in [0.1, 0.15) is 19.8 Å². The van der Waals surface area contributed by atoms with Crippen LogP contribution in [0.15, 0.2) is 0 Å². The van der Waals surface area contributed by atoms with Crippen LogP contribution >= 0.6 is 0 Å². The number of rotatable bonds is 2. The number of hydrogen-bond acceptors (Lipinski definition) is 2.